The number of hydrogen-bond donors (Lipinski definition) is 0. The molecule has 1 aliphatic heterocycles. The van der Waals surface area contributed by atoms with Gasteiger partial charge in [-0.05, 0) is 34.1 Å². The van der Waals surface area contributed by atoms with Crippen LogP contribution in [0.2, 0.25) is 0 Å². The van der Waals surface area contributed by atoms with Gasteiger partial charge in [0.15, 0.2) is 0 Å². The third-order valence-corrected chi connectivity index (χ3v) is 4.57. The molecule has 0 aromatic heterocycles. The van der Waals surface area contributed by atoms with E-state index in [0.29, 0.717) is 19.7 Å². The number of carbonyl (C=O) groups excluding carboxylic acids is 1. The molecule has 0 saturated carbocycles. The van der Waals surface area contributed by atoms with E-state index in [9.17, 15) is 4.79 Å². The van der Waals surface area contributed by atoms with Gasteiger partial charge in [0.2, 0.25) is 0 Å². The molecule has 21 heavy (non-hydrogen) atoms. The van der Waals surface area contributed by atoms with E-state index in [1.165, 1.54) is 0 Å². The largest absolute Gasteiger partial charge is 0.444 e. The summed E-state index contributed by atoms with van der Waals surface area (Å²) in [6.07, 6.45) is 0.542. The topological polar surface area (TPSA) is 48.0 Å². The van der Waals surface area contributed by atoms with Gasteiger partial charge in [0.25, 0.3) is 0 Å². The third kappa shape index (κ3) is 5.75. The van der Waals surface area contributed by atoms with Crippen LogP contribution in [0.3, 0.4) is 0 Å². The Balaban J connectivity index is 2.51. The van der Waals surface area contributed by atoms with E-state index in [1.807, 2.05) is 27.7 Å². The van der Waals surface area contributed by atoms with Crippen molar-refractivity contribution in [2.75, 3.05) is 26.8 Å². The monoisotopic (exact) mass is 365 g/mol. The Kier molecular flexibility index (Phi) is 6.50. The second-order valence-corrected chi connectivity index (χ2v) is 7.93. The molecule has 3 atom stereocenters. The van der Waals surface area contributed by atoms with Crippen LogP contribution in [0.1, 0.15) is 41.0 Å². The fourth-order valence-electron chi connectivity index (χ4n) is 1.96. The summed E-state index contributed by atoms with van der Waals surface area (Å²) in [5.41, 5.74) is -0.763. The second-order valence-electron chi connectivity index (χ2n) is 6.76. The maximum atomic E-state index is 12.1. The molecule has 3 unspecified atom stereocenters. The molecule has 1 saturated heterocycles. The van der Waals surface area contributed by atoms with Gasteiger partial charge in [-0.2, -0.15) is 0 Å². The van der Waals surface area contributed by atoms with Crippen molar-refractivity contribution in [3.05, 3.63) is 0 Å². The molecule has 1 rings (SSSR count). The minimum atomic E-state index is -0.478. The highest BCUT2D eigenvalue weighted by atomic mass is 79.9. The van der Waals surface area contributed by atoms with Gasteiger partial charge in [0.1, 0.15) is 5.60 Å². The third-order valence-electron chi connectivity index (χ3n) is 3.69. The molecule has 5 nitrogen and oxygen atoms in total. The number of amides is 1. The Labute approximate surface area is 136 Å². The summed E-state index contributed by atoms with van der Waals surface area (Å²) in [6, 6.07) is 0. The summed E-state index contributed by atoms with van der Waals surface area (Å²) in [7, 11) is 1.69. The van der Waals surface area contributed by atoms with Gasteiger partial charge in [0.05, 0.1) is 29.7 Å². The van der Waals surface area contributed by atoms with Crippen molar-refractivity contribution in [3.8, 4) is 0 Å². The predicted octanol–water partition coefficient (Wildman–Crippen LogP) is 3.20. The van der Waals surface area contributed by atoms with Crippen LogP contribution in [0.15, 0.2) is 0 Å². The van der Waals surface area contributed by atoms with Crippen molar-refractivity contribution in [2.45, 2.75) is 63.2 Å². The molecule has 0 spiro atoms. The fraction of sp³-hybridized carbons (Fsp3) is 0.933. The van der Waals surface area contributed by atoms with Crippen molar-refractivity contribution >= 4 is 22.0 Å². The van der Waals surface area contributed by atoms with Crippen LogP contribution in [0.25, 0.3) is 0 Å². The average Bonchev–Trinajstić information content (AvgIpc) is 2.76. The highest BCUT2D eigenvalue weighted by Crippen LogP contribution is 2.25. The molecular formula is C15H28BrNO4. The standard InChI is InChI=1S/C15H28BrNO4/c1-7-15(5,19-6)10-20-12-9-17(8-11(12)16)13(18)21-14(2,3)4/h11-12H,7-10H2,1-6H3. The summed E-state index contributed by atoms with van der Waals surface area (Å²) in [6.45, 7) is 11.3. The first-order chi connectivity index (χ1) is 9.60. The minimum absolute atomic E-state index is 0.0430. The minimum Gasteiger partial charge on any atom is -0.444 e. The lowest BCUT2D eigenvalue weighted by molar-refractivity contribution is -0.0834. The van der Waals surface area contributed by atoms with Crippen molar-refractivity contribution in [1.82, 2.24) is 4.90 Å². The smallest absolute Gasteiger partial charge is 0.410 e. The zero-order chi connectivity index (χ0) is 16.3. The van der Waals surface area contributed by atoms with E-state index in [4.69, 9.17) is 14.2 Å². The second kappa shape index (κ2) is 7.29. The van der Waals surface area contributed by atoms with Gasteiger partial charge in [-0.25, -0.2) is 4.79 Å². The molecule has 0 aromatic carbocycles. The Morgan fingerprint density at radius 2 is 1.90 bits per heavy atom. The predicted molar refractivity (Wildman–Crippen MR) is 86.0 cm³/mol. The summed E-state index contributed by atoms with van der Waals surface area (Å²) in [5, 5.41) is 0. The maximum Gasteiger partial charge on any atom is 0.410 e. The molecule has 0 bridgehead atoms. The zero-order valence-electron chi connectivity index (χ0n) is 13.9. The molecule has 124 valence electrons. The number of methoxy groups -OCH3 is 1. The van der Waals surface area contributed by atoms with Crippen LogP contribution in [-0.4, -0.2) is 59.9 Å². The molecule has 1 aliphatic rings. The molecule has 0 radical (unpaired) electrons. The Bertz CT molecular complexity index is 352. The maximum absolute atomic E-state index is 12.1. The van der Waals surface area contributed by atoms with E-state index in [-0.39, 0.29) is 22.6 Å². The van der Waals surface area contributed by atoms with Crippen molar-refractivity contribution < 1.29 is 19.0 Å². The van der Waals surface area contributed by atoms with Gasteiger partial charge < -0.3 is 19.1 Å². The highest BCUT2D eigenvalue weighted by Gasteiger charge is 2.37. The number of carbonyl (C=O) groups is 1. The van der Waals surface area contributed by atoms with Gasteiger partial charge in [-0.3, -0.25) is 0 Å². The van der Waals surface area contributed by atoms with Crippen LogP contribution < -0.4 is 0 Å². The summed E-state index contributed by atoms with van der Waals surface area (Å²) >= 11 is 3.59. The first-order valence-electron chi connectivity index (χ1n) is 7.39. The molecule has 0 aliphatic carbocycles. The molecule has 0 N–H and O–H groups in total. The SMILES string of the molecule is CCC(C)(COC1CN(C(=O)OC(C)(C)C)CC1Br)OC. The van der Waals surface area contributed by atoms with E-state index >= 15 is 0 Å². The summed E-state index contributed by atoms with van der Waals surface area (Å²) in [4.78, 5) is 13.9. The molecule has 1 fully saturated rings. The van der Waals surface area contributed by atoms with E-state index < -0.39 is 5.60 Å². The highest BCUT2D eigenvalue weighted by molar-refractivity contribution is 9.09. The van der Waals surface area contributed by atoms with Gasteiger partial charge >= 0.3 is 6.09 Å². The first-order valence-corrected chi connectivity index (χ1v) is 8.30. The van der Waals surface area contributed by atoms with Crippen LogP contribution in [0, 0.1) is 0 Å². The number of alkyl halides is 1. The number of hydrogen-bond acceptors (Lipinski definition) is 4. The van der Waals surface area contributed by atoms with Gasteiger partial charge in [-0.1, -0.05) is 22.9 Å². The van der Waals surface area contributed by atoms with Crippen LogP contribution >= 0.6 is 15.9 Å². The molecule has 0 aromatic rings. The average molecular weight is 366 g/mol. The lowest BCUT2D eigenvalue weighted by Gasteiger charge is -2.28. The number of halogens is 1. The molecular weight excluding hydrogens is 338 g/mol. The number of ether oxygens (including phenoxy) is 3. The molecule has 1 heterocycles. The van der Waals surface area contributed by atoms with Crippen molar-refractivity contribution in [3.63, 3.8) is 0 Å². The van der Waals surface area contributed by atoms with Gasteiger partial charge in [-0.15, -0.1) is 0 Å². The lowest BCUT2D eigenvalue weighted by atomic mass is 10.1. The van der Waals surface area contributed by atoms with Crippen LogP contribution in [-0.2, 0) is 14.2 Å². The van der Waals surface area contributed by atoms with Gasteiger partial charge in [0, 0.05) is 13.7 Å². The fourth-order valence-corrected chi connectivity index (χ4v) is 2.62. The Morgan fingerprint density at radius 3 is 2.38 bits per heavy atom. The van der Waals surface area contributed by atoms with Crippen LogP contribution in [0.4, 0.5) is 4.79 Å². The number of nitrogens with zero attached hydrogens (tertiary/aromatic N) is 1. The Morgan fingerprint density at radius 1 is 1.29 bits per heavy atom. The van der Waals surface area contributed by atoms with E-state index in [0.717, 1.165) is 6.42 Å². The van der Waals surface area contributed by atoms with E-state index in [1.54, 1.807) is 12.0 Å². The summed E-state index contributed by atoms with van der Waals surface area (Å²) < 4.78 is 16.8. The molecule has 1 amide bonds. The molecule has 6 heteroatoms. The normalized spacial score (nSPS) is 25.8. The van der Waals surface area contributed by atoms with Crippen molar-refractivity contribution in [1.29, 1.82) is 0 Å². The van der Waals surface area contributed by atoms with Crippen LogP contribution in [0.5, 0.6) is 0 Å². The number of rotatable bonds is 5. The quantitative estimate of drug-likeness (QED) is 0.701. The first kappa shape index (κ1) is 18.7. The van der Waals surface area contributed by atoms with Crippen molar-refractivity contribution in [2.24, 2.45) is 0 Å². The lowest BCUT2D eigenvalue weighted by Crippen LogP contribution is -2.38. The zero-order valence-corrected chi connectivity index (χ0v) is 15.5. The van der Waals surface area contributed by atoms with E-state index in [2.05, 4.69) is 22.9 Å². The number of likely N-dealkylation sites (tertiary alicyclic amines) is 1. The Hall–Kier alpha value is -0.330. The summed E-state index contributed by atoms with van der Waals surface area (Å²) in [5.74, 6) is 0.